The molecule has 1 fully saturated rings. The van der Waals surface area contributed by atoms with Crippen LogP contribution in [0, 0.1) is 11.7 Å². The minimum Gasteiger partial charge on any atom is -0.481 e. The van der Waals surface area contributed by atoms with Crippen LogP contribution in [0.2, 0.25) is 0 Å². The van der Waals surface area contributed by atoms with Gasteiger partial charge in [-0.05, 0) is 61.8 Å². The lowest BCUT2D eigenvalue weighted by atomic mass is 9.85. The minimum atomic E-state index is -0.662. The summed E-state index contributed by atoms with van der Waals surface area (Å²) in [6.07, 6.45) is 5.30. The second-order valence-electron chi connectivity index (χ2n) is 5.99. The van der Waals surface area contributed by atoms with Gasteiger partial charge in [0.05, 0.1) is 5.92 Å². The van der Waals surface area contributed by atoms with Gasteiger partial charge in [-0.15, -0.1) is 0 Å². The Kier molecular flexibility index (Phi) is 3.74. The standard InChI is InChI=1S/C16H20FNO2/c17-12-4-7-14-11(9-12)3-8-15(14)18-13-5-1-10(2-6-13)16(19)20/h4,7,9-10,13,15,18H,1-3,5-6,8H2,(H,19,20). The highest BCUT2D eigenvalue weighted by molar-refractivity contribution is 5.70. The maximum atomic E-state index is 13.2. The van der Waals surface area contributed by atoms with Crippen LogP contribution in [0.15, 0.2) is 18.2 Å². The molecule has 1 aromatic carbocycles. The molecule has 3 nitrogen and oxygen atoms in total. The number of benzene rings is 1. The van der Waals surface area contributed by atoms with Gasteiger partial charge in [0.25, 0.3) is 0 Å². The molecule has 0 aromatic heterocycles. The first-order chi connectivity index (χ1) is 9.63. The predicted molar refractivity (Wildman–Crippen MR) is 74.0 cm³/mol. The number of hydrogen-bond donors (Lipinski definition) is 2. The lowest BCUT2D eigenvalue weighted by molar-refractivity contribution is -0.142. The van der Waals surface area contributed by atoms with Gasteiger partial charge in [0.2, 0.25) is 0 Å². The largest absolute Gasteiger partial charge is 0.481 e. The monoisotopic (exact) mass is 277 g/mol. The second-order valence-corrected chi connectivity index (χ2v) is 5.99. The number of carbonyl (C=O) groups is 1. The van der Waals surface area contributed by atoms with E-state index in [0.29, 0.717) is 12.1 Å². The molecule has 4 heteroatoms. The van der Waals surface area contributed by atoms with Crippen LogP contribution in [-0.2, 0) is 11.2 Å². The summed E-state index contributed by atoms with van der Waals surface area (Å²) in [6, 6.07) is 5.75. The Morgan fingerprint density at radius 1 is 1.20 bits per heavy atom. The Balaban J connectivity index is 1.60. The fraction of sp³-hybridized carbons (Fsp3) is 0.562. The molecule has 0 bridgehead atoms. The molecule has 108 valence electrons. The smallest absolute Gasteiger partial charge is 0.306 e. The quantitative estimate of drug-likeness (QED) is 0.892. The molecule has 0 spiro atoms. The Hall–Kier alpha value is -1.42. The number of carboxylic acids is 1. The van der Waals surface area contributed by atoms with E-state index in [1.807, 2.05) is 6.07 Å². The highest BCUT2D eigenvalue weighted by Gasteiger charge is 2.29. The third kappa shape index (κ3) is 2.70. The summed E-state index contributed by atoms with van der Waals surface area (Å²) < 4.78 is 13.2. The number of hydrogen-bond acceptors (Lipinski definition) is 2. The van der Waals surface area contributed by atoms with Crippen molar-refractivity contribution < 1.29 is 14.3 Å². The predicted octanol–water partition coefficient (Wildman–Crippen LogP) is 3.05. The first-order valence-corrected chi connectivity index (χ1v) is 7.40. The molecule has 1 unspecified atom stereocenters. The van der Waals surface area contributed by atoms with E-state index in [4.69, 9.17) is 5.11 Å². The maximum absolute atomic E-state index is 13.2. The fourth-order valence-corrected chi connectivity index (χ4v) is 3.55. The van der Waals surface area contributed by atoms with Gasteiger partial charge in [-0.25, -0.2) is 4.39 Å². The third-order valence-electron chi connectivity index (χ3n) is 4.70. The van der Waals surface area contributed by atoms with E-state index in [9.17, 15) is 9.18 Å². The van der Waals surface area contributed by atoms with Crippen molar-refractivity contribution >= 4 is 5.97 Å². The number of aryl methyl sites for hydroxylation is 1. The number of nitrogens with one attached hydrogen (secondary N) is 1. The lowest BCUT2D eigenvalue weighted by Gasteiger charge is -2.29. The summed E-state index contributed by atoms with van der Waals surface area (Å²) >= 11 is 0. The van der Waals surface area contributed by atoms with Crippen molar-refractivity contribution in [2.24, 2.45) is 5.92 Å². The van der Waals surface area contributed by atoms with Crippen molar-refractivity contribution in [3.8, 4) is 0 Å². The zero-order chi connectivity index (χ0) is 14.1. The van der Waals surface area contributed by atoms with Crippen molar-refractivity contribution in [3.63, 3.8) is 0 Å². The third-order valence-corrected chi connectivity index (χ3v) is 4.70. The van der Waals surface area contributed by atoms with E-state index < -0.39 is 5.97 Å². The van der Waals surface area contributed by atoms with Crippen LogP contribution in [0.5, 0.6) is 0 Å². The maximum Gasteiger partial charge on any atom is 0.306 e. The van der Waals surface area contributed by atoms with Crippen LogP contribution in [0.1, 0.15) is 49.3 Å². The van der Waals surface area contributed by atoms with Gasteiger partial charge in [-0.1, -0.05) is 6.07 Å². The molecule has 20 heavy (non-hydrogen) atoms. The van der Waals surface area contributed by atoms with Crippen LogP contribution in [0.4, 0.5) is 4.39 Å². The molecule has 2 aliphatic rings. The molecule has 0 radical (unpaired) electrons. The molecule has 2 N–H and O–H groups in total. The van der Waals surface area contributed by atoms with Gasteiger partial charge in [0.15, 0.2) is 0 Å². The van der Waals surface area contributed by atoms with Gasteiger partial charge >= 0.3 is 5.97 Å². The van der Waals surface area contributed by atoms with E-state index in [1.54, 1.807) is 6.07 Å². The van der Waals surface area contributed by atoms with E-state index >= 15 is 0 Å². The lowest BCUT2D eigenvalue weighted by Crippen LogP contribution is -2.36. The van der Waals surface area contributed by atoms with E-state index in [1.165, 1.54) is 11.6 Å². The first kappa shape index (κ1) is 13.6. The van der Waals surface area contributed by atoms with Gasteiger partial charge in [-0.3, -0.25) is 4.79 Å². The van der Waals surface area contributed by atoms with E-state index in [0.717, 1.165) is 44.1 Å². The molecule has 0 heterocycles. The summed E-state index contributed by atoms with van der Waals surface area (Å²) in [5.41, 5.74) is 2.33. The summed E-state index contributed by atoms with van der Waals surface area (Å²) in [4.78, 5) is 10.9. The molecule has 1 aromatic rings. The van der Waals surface area contributed by atoms with Crippen LogP contribution in [0.3, 0.4) is 0 Å². The number of aliphatic carboxylic acids is 1. The zero-order valence-corrected chi connectivity index (χ0v) is 11.4. The van der Waals surface area contributed by atoms with Crippen LogP contribution >= 0.6 is 0 Å². The van der Waals surface area contributed by atoms with Crippen molar-refractivity contribution in [1.29, 1.82) is 0 Å². The van der Waals surface area contributed by atoms with Gasteiger partial charge in [0, 0.05) is 12.1 Å². The molecular weight excluding hydrogens is 257 g/mol. The highest BCUT2D eigenvalue weighted by atomic mass is 19.1. The van der Waals surface area contributed by atoms with Crippen LogP contribution in [-0.4, -0.2) is 17.1 Å². The van der Waals surface area contributed by atoms with Gasteiger partial charge in [-0.2, -0.15) is 0 Å². The van der Waals surface area contributed by atoms with Crippen LogP contribution < -0.4 is 5.32 Å². The molecule has 0 aliphatic heterocycles. The molecule has 1 saturated carbocycles. The van der Waals surface area contributed by atoms with Gasteiger partial charge in [0.1, 0.15) is 5.82 Å². The topological polar surface area (TPSA) is 49.3 Å². The van der Waals surface area contributed by atoms with E-state index in [2.05, 4.69) is 5.32 Å². The Labute approximate surface area is 118 Å². The average Bonchev–Trinajstić information content (AvgIpc) is 2.81. The molecule has 3 rings (SSSR count). The minimum absolute atomic E-state index is 0.161. The van der Waals surface area contributed by atoms with Crippen molar-refractivity contribution in [3.05, 3.63) is 35.1 Å². The number of fused-ring (bicyclic) bond motifs is 1. The molecule has 0 amide bonds. The number of halogens is 1. The van der Waals surface area contributed by atoms with Crippen LogP contribution in [0.25, 0.3) is 0 Å². The molecule has 2 aliphatic carbocycles. The summed E-state index contributed by atoms with van der Waals surface area (Å²) in [6.45, 7) is 0. The van der Waals surface area contributed by atoms with Crippen molar-refractivity contribution in [1.82, 2.24) is 5.32 Å². The first-order valence-electron chi connectivity index (χ1n) is 7.40. The Morgan fingerprint density at radius 3 is 2.65 bits per heavy atom. The number of carboxylic acid groups (broad SMARTS) is 1. The van der Waals surface area contributed by atoms with Crippen molar-refractivity contribution in [2.45, 2.75) is 50.6 Å². The Morgan fingerprint density at radius 2 is 1.95 bits per heavy atom. The number of rotatable bonds is 3. The van der Waals surface area contributed by atoms with E-state index in [-0.39, 0.29) is 11.7 Å². The Bertz CT molecular complexity index is 509. The summed E-state index contributed by atoms with van der Waals surface area (Å²) in [7, 11) is 0. The highest BCUT2D eigenvalue weighted by Crippen LogP contribution is 2.34. The summed E-state index contributed by atoms with van der Waals surface area (Å²) in [5.74, 6) is -0.991. The molecular formula is C16H20FNO2. The summed E-state index contributed by atoms with van der Waals surface area (Å²) in [5, 5.41) is 12.6. The molecule has 1 atom stereocenters. The fourth-order valence-electron chi connectivity index (χ4n) is 3.55. The van der Waals surface area contributed by atoms with Crippen molar-refractivity contribution in [2.75, 3.05) is 0 Å². The average molecular weight is 277 g/mol. The zero-order valence-electron chi connectivity index (χ0n) is 11.4. The van der Waals surface area contributed by atoms with Gasteiger partial charge < -0.3 is 10.4 Å². The second kappa shape index (κ2) is 5.52. The normalized spacial score (nSPS) is 29.1. The molecule has 0 saturated heterocycles. The SMILES string of the molecule is O=C(O)C1CCC(NC2CCc3cc(F)ccc32)CC1.